The van der Waals surface area contributed by atoms with Gasteiger partial charge in [0.15, 0.2) is 0 Å². The maximum absolute atomic E-state index is 14.4. The van der Waals surface area contributed by atoms with Gasteiger partial charge in [0.1, 0.15) is 12.1 Å². The number of carboxylic acids is 1. The number of likely N-dealkylation sites (tertiary alicyclic amines) is 1. The lowest BCUT2D eigenvalue weighted by atomic mass is 9.90. The number of imide groups is 1. The predicted molar refractivity (Wildman–Crippen MR) is 242 cm³/mol. The summed E-state index contributed by atoms with van der Waals surface area (Å²) in [5, 5.41) is 15.8. The first-order valence-corrected chi connectivity index (χ1v) is 23.1. The summed E-state index contributed by atoms with van der Waals surface area (Å²) in [4.78, 5) is 110. The Labute approximate surface area is 387 Å². The molecule has 7 amide bonds. The minimum absolute atomic E-state index is 0.0173. The van der Waals surface area contributed by atoms with Crippen LogP contribution in [0.2, 0.25) is 5.02 Å². The van der Waals surface area contributed by atoms with E-state index in [2.05, 4.69) is 10.6 Å². The lowest BCUT2D eigenvalue weighted by molar-refractivity contribution is -0.148. The molecule has 3 N–H and O–H groups in total. The van der Waals surface area contributed by atoms with E-state index in [9.17, 15) is 43.5 Å². The topological polar surface area (TPSA) is 212 Å². The van der Waals surface area contributed by atoms with E-state index in [0.29, 0.717) is 42.7 Å². The number of carbonyl (C=O) groups excluding carboxylic acids is 7. The third-order valence-electron chi connectivity index (χ3n) is 13.4. The van der Waals surface area contributed by atoms with Crippen molar-refractivity contribution in [2.75, 3.05) is 41.4 Å². The molecule has 360 valence electrons. The van der Waals surface area contributed by atoms with Crippen LogP contribution in [-0.4, -0.2) is 156 Å². The molecule has 0 spiro atoms. The van der Waals surface area contributed by atoms with E-state index < -0.39 is 66.0 Å². The van der Waals surface area contributed by atoms with Crippen molar-refractivity contribution >= 4 is 58.9 Å². The molecule has 65 heavy (non-hydrogen) atoms. The predicted octanol–water partition coefficient (Wildman–Crippen LogP) is 3.46. The first-order chi connectivity index (χ1) is 30.8. The Morgan fingerprint density at radius 2 is 1.55 bits per heavy atom. The number of fused-ring (bicyclic) bond motifs is 1. The lowest BCUT2D eigenvalue weighted by Gasteiger charge is -2.40. The molecule has 4 rings (SSSR count). The Balaban J connectivity index is 1.36. The average molecular weight is 930 g/mol. The molecular weight excluding hydrogens is 860 g/mol. The highest BCUT2D eigenvalue weighted by Gasteiger charge is 2.57. The van der Waals surface area contributed by atoms with Gasteiger partial charge in [-0.1, -0.05) is 77.3 Å². The van der Waals surface area contributed by atoms with Gasteiger partial charge < -0.3 is 39.9 Å². The number of benzene rings is 1. The van der Waals surface area contributed by atoms with Gasteiger partial charge in [0, 0.05) is 70.9 Å². The number of hydrogen-bond acceptors (Lipinski definition) is 10. The maximum atomic E-state index is 14.4. The van der Waals surface area contributed by atoms with Crippen molar-refractivity contribution in [3.05, 3.63) is 47.0 Å². The van der Waals surface area contributed by atoms with E-state index in [0.717, 1.165) is 11.3 Å². The van der Waals surface area contributed by atoms with Gasteiger partial charge >= 0.3 is 5.97 Å². The van der Waals surface area contributed by atoms with Crippen molar-refractivity contribution in [1.82, 2.24) is 30.2 Å². The number of carbonyl (C=O) groups is 8. The fourth-order valence-corrected chi connectivity index (χ4v) is 9.65. The Morgan fingerprint density at radius 3 is 2.14 bits per heavy atom. The fraction of sp³-hybridized carbons (Fsp3) is 0.660. The highest BCUT2D eigenvalue weighted by Crippen LogP contribution is 2.50. The number of ether oxygens (including phenoxy) is 2. The molecule has 1 aliphatic carbocycles. The number of likely N-dealkylation sites (N-methyl/N-ethyl adjacent to an activating group) is 2. The zero-order chi connectivity index (χ0) is 48.3. The standard InChI is InChI=1S/C47H69ClN6O11/c1-10-28(4)43(52(7)41(59)26-49-46(61)42(27(2)3)51(6)37(55)18-12-11-15-21-53-38(56)19-20-39(53)57)36(64-8)25-40(58)54-34-23-31(34)24-35(54)44(65-9)29(5)45(60)50-33(47(62)63)22-30-16-13-14-17-32(30)48/h13-14,16-17,19-20,27-29,31,33-36,42-44H,10-12,15,18,21-26H2,1-9H3,(H,49,61)(H,50,60)(H,62,63)/t28-,29?,31?,33?,34?,35-,36?,42-,43-,44+/m0/s1. The van der Waals surface area contributed by atoms with Gasteiger partial charge in [0.05, 0.1) is 43.2 Å². The highest BCUT2D eigenvalue weighted by molar-refractivity contribution is 6.31. The van der Waals surface area contributed by atoms with E-state index in [-0.39, 0.29) is 79.8 Å². The summed E-state index contributed by atoms with van der Waals surface area (Å²) in [6.07, 6.45) is 4.82. The summed E-state index contributed by atoms with van der Waals surface area (Å²) in [6.45, 7) is 9.16. The molecule has 1 aromatic carbocycles. The van der Waals surface area contributed by atoms with Crippen LogP contribution >= 0.6 is 11.6 Å². The Bertz CT molecular complexity index is 1910. The van der Waals surface area contributed by atoms with E-state index in [4.69, 9.17) is 21.1 Å². The van der Waals surface area contributed by atoms with Crippen LogP contribution in [-0.2, 0) is 54.3 Å². The molecule has 1 saturated carbocycles. The van der Waals surface area contributed by atoms with Crippen LogP contribution in [0.4, 0.5) is 0 Å². The minimum atomic E-state index is -1.24. The first-order valence-electron chi connectivity index (χ1n) is 22.7. The summed E-state index contributed by atoms with van der Waals surface area (Å²) in [5.74, 6) is -4.76. The van der Waals surface area contributed by atoms with Gasteiger partial charge in [-0.05, 0) is 55.1 Å². The van der Waals surface area contributed by atoms with E-state index in [1.807, 2.05) is 27.7 Å². The van der Waals surface area contributed by atoms with Crippen molar-refractivity contribution in [3.63, 3.8) is 0 Å². The molecule has 10 atom stereocenters. The molecule has 2 heterocycles. The minimum Gasteiger partial charge on any atom is -0.480 e. The van der Waals surface area contributed by atoms with Gasteiger partial charge in [-0.15, -0.1) is 0 Å². The second kappa shape index (κ2) is 24.1. The van der Waals surface area contributed by atoms with Crippen LogP contribution in [0, 0.1) is 23.7 Å². The van der Waals surface area contributed by atoms with Crippen LogP contribution in [0.25, 0.3) is 0 Å². The third-order valence-corrected chi connectivity index (χ3v) is 13.8. The van der Waals surface area contributed by atoms with Crippen LogP contribution in [0.3, 0.4) is 0 Å². The number of nitrogens with one attached hydrogen (secondary N) is 2. The van der Waals surface area contributed by atoms with Gasteiger partial charge in [-0.2, -0.15) is 0 Å². The Kier molecular flexibility index (Phi) is 19.5. The SMILES string of the molecule is CC[C@H](C)[C@@H](C(CC(=O)N1C2CC2C[C@H]1[C@H](OC)C(C)C(=O)NC(Cc1ccccc1Cl)C(=O)O)OC)N(C)C(=O)CNC(=O)[C@H](C(C)C)N(C)C(=O)CCCCCN1C(=O)C=CC1=O. The number of aliphatic carboxylic acids is 1. The number of halogens is 1. The number of piperidine rings is 1. The summed E-state index contributed by atoms with van der Waals surface area (Å²) >= 11 is 6.29. The molecule has 17 nitrogen and oxygen atoms in total. The number of methoxy groups -OCH3 is 2. The summed E-state index contributed by atoms with van der Waals surface area (Å²) in [5.41, 5.74) is 0.579. The normalized spacial score (nSPS) is 20.9. The number of hydrogen-bond donors (Lipinski definition) is 3. The molecule has 0 aromatic heterocycles. The van der Waals surface area contributed by atoms with E-state index in [1.54, 1.807) is 50.2 Å². The first kappa shape index (κ1) is 52.8. The van der Waals surface area contributed by atoms with Crippen LogP contribution in [0.5, 0.6) is 0 Å². The van der Waals surface area contributed by atoms with Crippen LogP contribution in [0.1, 0.15) is 91.5 Å². The molecule has 0 radical (unpaired) electrons. The highest BCUT2D eigenvalue weighted by atomic mass is 35.5. The lowest BCUT2D eigenvalue weighted by Crippen LogP contribution is -2.56. The number of rotatable bonds is 26. The number of carboxylic acid groups (broad SMARTS) is 1. The molecule has 5 unspecified atom stereocenters. The summed E-state index contributed by atoms with van der Waals surface area (Å²) in [6, 6.07) is 3.67. The van der Waals surface area contributed by atoms with Crippen LogP contribution in [0.15, 0.2) is 36.4 Å². The third kappa shape index (κ3) is 13.4. The maximum Gasteiger partial charge on any atom is 0.326 e. The quantitative estimate of drug-likeness (QED) is 0.0905. The van der Waals surface area contributed by atoms with Crippen molar-refractivity contribution < 1.29 is 52.9 Å². The Hall–Kier alpha value is -4.87. The smallest absolute Gasteiger partial charge is 0.326 e. The second-order valence-electron chi connectivity index (χ2n) is 18.1. The van der Waals surface area contributed by atoms with E-state index in [1.165, 1.54) is 36.2 Å². The van der Waals surface area contributed by atoms with Crippen molar-refractivity contribution in [2.45, 2.75) is 135 Å². The molecule has 0 bridgehead atoms. The molecule has 1 aromatic rings. The van der Waals surface area contributed by atoms with Crippen molar-refractivity contribution in [3.8, 4) is 0 Å². The van der Waals surface area contributed by atoms with Gasteiger partial charge in [-0.3, -0.25) is 38.5 Å². The van der Waals surface area contributed by atoms with E-state index >= 15 is 0 Å². The molecule has 18 heteroatoms. The van der Waals surface area contributed by atoms with Crippen molar-refractivity contribution in [1.29, 1.82) is 0 Å². The molecule has 2 fully saturated rings. The number of amides is 7. The van der Waals surface area contributed by atoms with Gasteiger partial charge in [0.25, 0.3) is 11.8 Å². The molecule has 1 saturated heterocycles. The molecular formula is C47H69ClN6O11. The van der Waals surface area contributed by atoms with Gasteiger partial charge in [0.2, 0.25) is 29.5 Å². The summed E-state index contributed by atoms with van der Waals surface area (Å²) < 4.78 is 11.9. The second-order valence-corrected chi connectivity index (χ2v) is 18.5. The Morgan fingerprint density at radius 1 is 0.892 bits per heavy atom. The number of nitrogens with zero attached hydrogens (tertiary/aromatic N) is 4. The average Bonchev–Trinajstić information content (AvgIpc) is 3.81. The zero-order valence-corrected chi connectivity index (χ0v) is 40.0. The largest absolute Gasteiger partial charge is 0.480 e. The number of unbranched alkanes of at least 4 members (excludes halogenated alkanes) is 2. The zero-order valence-electron chi connectivity index (χ0n) is 39.3. The molecule has 2 aliphatic heterocycles. The van der Waals surface area contributed by atoms with Crippen LogP contribution < -0.4 is 10.6 Å². The summed E-state index contributed by atoms with van der Waals surface area (Å²) in [7, 11) is 6.15. The van der Waals surface area contributed by atoms with Crippen molar-refractivity contribution in [2.24, 2.45) is 23.7 Å². The molecule has 3 aliphatic rings. The van der Waals surface area contributed by atoms with Gasteiger partial charge in [-0.25, -0.2) is 4.79 Å². The fourth-order valence-electron chi connectivity index (χ4n) is 9.44. The monoisotopic (exact) mass is 928 g/mol.